The standard InChI is InChI=1S/C18H28N4OS/c1-3-22-11-19-21-17(22)24-10-16(23)20-12(2)18-7-13-4-14(8-18)6-15(5-13)9-18/h11-15H,3-10H2,1-2H3,(H,20,23)/t12-,13?,14?,15?,18?/m0/s1. The van der Waals surface area contributed by atoms with Crippen LogP contribution in [0.25, 0.3) is 0 Å². The van der Waals surface area contributed by atoms with Gasteiger partial charge in [-0.15, -0.1) is 10.2 Å². The molecule has 1 aromatic rings. The molecule has 1 N–H and O–H groups in total. The molecule has 0 spiro atoms. The third kappa shape index (κ3) is 2.98. The van der Waals surface area contributed by atoms with Crippen molar-refractivity contribution in [3.63, 3.8) is 0 Å². The summed E-state index contributed by atoms with van der Waals surface area (Å²) < 4.78 is 1.97. The fourth-order valence-corrected chi connectivity index (χ4v) is 6.64. The summed E-state index contributed by atoms with van der Waals surface area (Å²) in [7, 11) is 0. The first-order valence-electron chi connectivity index (χ1n) is 9.38. The van der Waals surface area contributed by atoms with Crippen LogP contribution in [0.15, 0.2) is 11.5 Å². The minimum absolute atomic E-state index is 0.133. The van der Waals surface area contributed by atoms with Crippen LogP contribution < -0.4 is 5.32 Å². The van der Waals surface area contributed by atoms with Gasteiger partial charge in [0, 0.05) is 12.6 Å². The van der Waals surface area contributed by atoms with E-state index in [1.54, 1.807) is 6.33 Å². The van der Waals surface area contributed by atoms with E-state index < -0.39 is 0 Å². The molecule has 6 heteroatoms. The molecule has 24 heavy (non-hydrogen) atoms. The van der Waals surface area contributed by atoms with E-state index in [1.165, 1.54) is 50.3 Å². The zero-order chi connectivity index (χ0) is 16.7. The van der Waals surface area contributed by atoms with Gasteiger partial charge in [-0.3, -0.25) is 4.79 Å². The lowest BCUT2D eigenvalue weighted by atomic mass is 9.48. The Bertz CT molecular complexity index is 579. The van der Waals surface area contributed by atoms with Gasteiger partial charge in [0.2, 0.25) is 5.91 Å². The first-order chi connectivity index (χ1) is 11.6. The molecule has 132 valence electrons. The number of carbonyl (C=O) groups is 1. The molecule has 5 nitrogen and oxygen atoms in total. The second kappa shape index (κ2) is 6.36. The number of rotatable bonds is 6. The van der Waals surface area contributed by atoms with E-state index in [-0.39, 0.29) is 5.91 Å². The van der Waals surface area contributed by atoms with Crippen molar-refractivity contribution in [2.24, 2.45) is 23.2 Å². The highest BCUT2D eigenvalue weighted by Crippen LogP contribution is 2.61. The molecule has 0 radical (unpaired) electrons. The summed E-state index contributed by atoms with van der Waals surface area (Å²) in [5.41, 5.74) is 0.374. The van der Waals surface area contributed by atoms with Gasteiger partial charge in [0.15, 0.2) is 5.16 Å². The fourth-order valence-electron chi connectivity index (χ4n) is 5.85. The molecule has 4 aliphatic rings. The minimum Gasteiger partial charge on any atom is -0.352 e. The smallest absolute Gasteiger partial charge is 0.230 e. The van der Waals surface area contributed by atoms with Crippen molar-refractivity contribution in [2.75, 3.05) is 5.75 Å². The summed E-state index contributed by atoms with van der Waals surface area (Å²) in [5.74, 6) is 3.33. The lowest BCUT2D eigenvalue weighted by Crippen LogP contribution is -2.56. The molecule has 5 rings (SSSR count). The van der Waals surface area contributed by atoms with Gasteiger partial charge in [-0.2, -0.15) is 0 Å². The summed E-state index contributed by atoms with van der Waals surface area (Å²) in [4.78, 5) is 12.5. The second-order valence-electron chi connectivity index (χ2n) is 8.26. The number of carbonyl (C=O) groups excluding carboxylic acids is 1. The van der Waals surface area contributed by atoms with E-state index in [0.29, 0.717) is 17.2 Å². The number of nitrogens with zero attached hydrogens (tertiary/aromatic N) is 3. The largest absolute Gasteiger partial charge is 0.352 e. The van der Waals surface area contributed by atoms with Crippen molar-refractivity contribution in [1.29, 1.82) is 0 Å². The summed E-state index contributed by atoms with van der Waals surface area (Å²) in [6.07, 6.45) is 10.1. The van der Waals surface area contributed by atoms with Crippen molar-refractivity contribution in [3.8, 4) is 0 Å². The lowest BCUT2D eigenvalue weighted by Gasteiger charge is -2.59. The van der Waals surface area contributed by atoms with Crippen LogP contribution in [0.5, 0.6) is 0 Å². The number of aryl methyl sites for hydroxylation is 1. The highest BCUT2D eigenvalue weighted by Gasteiger charge is 2.53. The monoisotopic (exact) mass is 348 g/mol. The van der Waals surface area contributed by atoms with Crippen LogP contribution in [0.1, 0.15) is 52.4 Å². The van der Waals surface area contributed by atoms with Gasteiger partial charge >= 0.3 is 0 Å². The van der Waals surface area contributed by atoms with Crippen LogP contribution >= 0.6 is 11.8 Å². The predicted molar refractivity (Wildman–Crippen MR) is 94.6 cm³/mol. The van der Waals surface area contributed by atoms with Gasteiger partial charge in [-0.25, -0.2) is 0 Å². The Labute approximate surface area is 148 Å². The molecular weight excluding hydrogens is 320 g/mol. The maximum Gasteiger partial charge on any atom is 0.230 e. The molecule has 1 aromatic heterocycles. The molecule has 4 fully saturated rings. The number of amides is 1. The van der Waals surface area contributed by atoms with Crippen molar-refractivity contribution in [3.05, 3.63) is 6.33 Å². The molecule has 0 aromatic carbocycles. The normalized spacial score (nSPS) is 35.2. The van der Waals surface area contributed by atoms with Crippen molar-refractivity contribution in [1.82, 2.24) is 20.1 Å². The van der Waals surface area contributed by atoms with E-state index in [4.69, 9.17) is 0 Å². The van der Waals surface area contributed by atoms with E-state index in [1.807, 2.05) is 4.57 Å². The first kappa shape index (κ1) is 16.4. The van der Waals surface area contributed by atoms with Crippen LogP contribution in [0.2, 0.25) is 0 Å². The third-order valence-corrected chi connectivity index (χ3v) is 7.62. The Morgan fingerprint density at radius 1 is 1.33 bits per heavy atom. The van der Waals surface area contributed by atoms with Crippen LogP contribution in [0.3, 0.4) is 0 Å². The van der Waals surface area contributed by atoms with Crippen LogP contribution in [-0.2, 0) is 11.3 Å². The van der Waals surface area contributed by atoms with Crippen molar-refractivity contribution < 1.29 is 4.79 Å². The quantitative estimate of drug-likeness (QED) is 0.803. The third-order valence-electron chi connectivity index (χ3n) is 6.63. The van der Waals surface area contributed by atoms with Gasteiger partial charge < -0.3 is 9.88 Å². The zero-order valence-electron chi connectivity index (χ0n) is 14.7. The van der Waals surface area contributed by atoms with Gasteiger partial charge in [0.05, 0.1) is 5.75 Å². The molecule has 4 bridgehead atoms. The van der Waals surface area contributed by atoms with Crippen LogP contribution in [-0.4, -0.2) is 32.5 Å². The lowest BCUT2D eigenvalue weighted by molar-refractivity contribution is -0.123. The molecule has 1 atom stereocenters. The van der Waals surface area contributed by atoms with Crippen molar-refractivity contribution >= 4 is 17.7 Å². The van der Waals surface area contributed by atoms with E-state index in [2.05, 4.69) is 29.4 Å². The van der Waals surface area contributed by atoms with Gasteiger partial charge in [0.1, 0.15) is 6.33 Å². The second-order valence-corrected chi connectivity index (χ2v) is 9.20. The molecule has 1 amide bonds. The maximum absolute atomic E-state index is 12.5. The predicted octanol–water partition coefficient (Wildman–Crippen LogP) is 3.11. The Balaban J connectivity index is 1.34. The molecule has 4 aliphatic carbocycles. The number of hydrogen-bond donors (Lipinski definition) is 1. The summed E-state index contributed by atoms with van der Waals surface area (Å²) >= 11 is 1.48. The Hall–Kier alpha value is -1.04. The molecule has 1 heterocycles. The minimum atomic E-state index is 0.133. The van der Waals surface area contributed by atoms with E-state index in [0.717, 1.165) is 29.5 Å². The van der Waals surface area contributed by atoms with Crippen LogP contribution in [0.4, 0.5) is 0 Å². The molecular formula is C18H28N4OS. The van der Waals surface area contributed by atoms with Gasteiger partial charge in [0.25, 0.3) is 0 Å². The van der Waals surface area contributed by atoms with Crippen molar-refractivity contribution in [2.45, 2.75) is 70.1 Å². The Morgan fingerprint density at radius 2 is 1.96 bits per heavy atom. The van der Waals surface area contributed by atoms with Crippen LogP contribution in [0, 0.1) is 23.2 Å². The van der Waals surface area contributed by atoms with E-state index in [9.17, 15) is 4.79 Å². The number of hydrogen-bond acceptors (Lipinski definition) is 4. The molecule has 4 saturated carbocycles. The highest BCUT2D eigenvalue weighted by molar-refractivity contribution is 7.99. The summed E-state index contributed by atoms with van der Waals surface area (Å²) in [6.45, 7) is 5.13. The first-order valence-corrected chi connectivity index (χ1v) is 10.4. The number of aromatic nitrogens is 3. The molecule has 0 aliphatic heterocycles. The summed E-state index contributed by atoms with van der Waals surface area (Å²) in [5, 5.41) is 12.2. The number of thioether (sulfide) groups is 1. The SMILES string of the molecule is CCn1cnnc1SCC(=O)N[C@@H](C)C12CC3CC(CC(C3)C1)C2. The Morgan fingerprint density at radius 3 is 2.54 bits per heavy atom. The maximum atomic E-state index is 12.5. The molecule has 0 saturated heterocycles. The topological polar surface area (TPSA) is 59.8 Å². The zero-order valence-corrected chi connectivity index (χ0v) is 15.5. The van der Waals surface area contributed by atoms with E-state index >= 15 is 0 Å². The fraction of sp³-hybridized carbons (Fsp3) is 0.833. The average molecular weight is 349 g/mol. The van der Waals surface area contributed by atoms with Gasteiger partial charge in [-0.05, 0) is 75.5 Å². The average Bonchev–Trinajstić information content (AvgIpc) is 2.99. The molecule has 0 unspecified atom stereocenters. The van der Waals surface area contributed by atoms with Gasteiger partial charge in [-0.1, -0.05) is 11.8 Å². The Kier molecular flexibility index (Phi) is 4.35. The highest BCUT2D eigenvalue weighted by atomic mass is 32.2. The summed E-state index contributed by atoms with van der Waals surface area (Å²) in [6, 6.07) is 0.294. The number of nitrogens with one attached hydrogen (secondary N) is 1.